The molecule has 0 radical (unpaired) electrons. The summed E-state index contributed by atoms with van der Waals surface area (Å²) >= 11 is 0. The van der Waals surface area contributed by atoms with E-state index >= 15 is 0 Å². The Morgan fingerprint density at radius 1 is 1.23 bits per heavy atom. The Morgan fingerprint density at radius 3 is 2.69 bits per heavy atom. The van der Waals surface area contributed by atoms with Crippen molar-refractivity contribution in [2.75, 3.05) is 36.5 Å². The molecule has 0 bridgehead atoms. The number of benzene rings is 1. The molecule has 1 aliphatic heterocycles. The van der Waals surface area contributed by atoms with Crippen molar-refractivity contribution in [1.82, 2.24) is 9.97 Å². The molecule has 8 nitrogen and oxygen atoms in total. The van der Waals surface area contributed by atoms with E-state index in [4.69, 9.17) is 9.15 Å². The molecular formula is C18H18N4O4. The van der Waals surface area contributed by atoms with Crippen LogP contribution in [0.5, 0.6) is 0 Å². The summed E-state index contributed by atoms with van der Waals surface area (Å²) in [5.41, 5.74) is 1.67. The van der Waals surface area contributed by atoms with Crippen molar-refractivity contribution in [2.24, 2.45) is 0 Å². The number of amides is 1. The number of furan rings is 1. The molecule has 0 unspecified atom stereocenters. The minimum absolute atomic E-state index is 0.152. The average molecular weight is 354 g/mol. The molecule has 26 heavy (non-hydrogen) atoms. The number of hydrogen-bond acceptors (Lipinski definition) is 6. The van der Waals surface area contributed by atoms with Crippen LogP contribution in [0.25, 0.3) is 11.1 Å². The highest BCUT2D eigenvalue weighted by Crippen LogP contribution is 2.23. The molecule has 0 aliphatic carbocycles. The number of carbonyl (C=O) groups is 1. The molecule has 2 aromatic heterocycles. The number of aryl methyl sites for hydroxylation is 1. The predicted molar refractivity (Wildman–Crippen MR) is 96.8 cm³/mol. The maximum atomic E-state index is 12.7. The molecule has 1 fully saturated rings. The molecule has 2 N–H and O–H groups in total. The normalized spacial score (nSPS) is 14.6. The SMILES string of the molecule is Cc1oc2nc[nH]c(=O)c2c1C(=O)Nc1ccc(N2CCOCC2)cc1. The van der Waals surface area contributed by atoms with E-state index in [2.05, 4.69) is 20.2 Å². The van der Waals surface area contributed by atoms with Crippen molar-refractivity contribution < 1.29 is 13.9 Å². The summed E-state index contributed by atoms with van der Waals surface area (Å²) in [4.78, 5) is 33.4. The smallest absolute Gasteiger partial charge is 0.262 e. The minimum Gasteiger partial charge on any atom is -0.442 e. The fraction of sp³-hybridized carbons (Fsp3) is 0.278. The van der Waals surface area contributed by atoms with Gasteiger partial charge in [-0.2, -0.15) is 0 Å². The number of carbonyl (C=O) groups excluding carboxylic acids is 1. The van der Waals surface area contributed by atoms with Gasteiger partial charge < -0.3 is 24.4 Å². The predicted octanol–water partition coefficient (Wildman–Crippen LogP) is 1.91. The van der Waals surface area contributed by atoms with Gasteiger partial charge >= 0.3 is 0 Å². The summed E-state index contributed by atoms with van der Waals surface area (Å²) < 4.78 is 10.8. The summed E-state index contributed by atoms with van der Waals surface area (Å²) in [6.07, 6.45) is 1.25. The van der Waals surface area contributed by atoms with Crippen molar-refractivity contribution in [1.29, 1.82) is 0 Å². The lowest BCUT2D eigenvalue weighted by molar-refractivity contribution is 0.102. The van der Waals surface area contributed by atoms with E-state index in [1.165, 1.54) is 6.33 Å². The Labute approximate surface area is 148 Å². The van der Waals surface area contributed by atoms with E-state index in [1.807, 2.05) is 24.3 Å². The number of H-pyrrole nitrogens is 1. The van der Waals surface area contributed by atoms with Crippen LogP contribution in [0.1, 0.15) is 16.1 Å². The zero-order valence-electron chi connectivity index (χ0n) is 14.2. The first-order valence-corrected chi connectivity index (χ1v) is 8.34. The van der Waals surface area contributed by atoms with Gasteiger partial charge in [-0.3, -0.25) is 9.59 Å². The Hall–Kier alpha value is -3.13. The lowest BCUT2D eigenvalue weighted by atomic mass is 10.1. The molecule has 4 rings (SSSR count). The van der Waals surface area contributed by atoms with Crippen molar-refractivity contribution >= 4 is 28.4 Å². The molecule has 1 saturated heterocycles. The quantitative estimate of drug-likeness (QED) is 0.745. The summed E-state index contributed by atoms with van der Waals surface area (Å²) in [6.45, 7) is 4.77. The third kappa shape index (κ3) is 2.95. The van der Waals surface area contributed by atoms with Gasteiger partial charge in [0.25, 0.3) is 11.5 Å². The number of ether oxygens (including phenoxy) is 1. The van der Waals surface area contributed by atoms with Crippen LogP contribution in [-0.2, 0) is 4.74 Å². The molecule has 0 spiro atoms. The van der Waals surface area contributed by atoms with Crippen molar-refractivity contribution in [3.05, 3.63) is 52.3 Å². The lowest BCUT2D eigenvalue weighted by Crippen LogP contribution is -2.36. The summed E-state index contributed by atoms with van der Waals surface area (Å²) in [5.74, 6) is -0.0505. The first-order chi connectivity index (χ1) is 12.6. The second-order valence-corrected chi connectivity index (χ2v) is 6.05. The number of aromatic amines is 1. The molecule has 3 heterocycles. The highest BCUT2D eigenvalue weighted by molar-refractivity contribution is 6.12. The maximum absolute atomic E-state index is 12.7. The van der Waals surface area contributed by atoms with Gasteiger partial charge in [-0.25, -0.2) is 4.98 Å². The van der Waals surface area contributed by atoms with Crippen LogP contribution in [0.2, 0.25) is 0 Å². The fourth-order valence-electron chi connectivity index (χ4n) is 3.10. The molecule has 3 aromatic rings. The molecule has 8 heteroatoms. The van der Waals surface area contributed by atoms with Gasteiger partial charge in [0, 0.05) is 24.5 Å². The lowest BCUT2D eigenvalue weighted by Gasteiger charge is -2.28. The van der Waals surface area contributed by atoms with Gasteiger partial charge in [0.2, 0.25) is 5.71 Å². The second kappa shape index (κ2) is 6.64. The van der Waals surface area contributed by atoms with Gasteiger partial charge in [0.05, 0.1) is 25.1 Å². The highest BCUT2D eigenvalue weighted by atomic mass is 16.5. The number of nitrogens with one attached hydrogen (secondary N) is 2. The zero-order valence-corrected chi connectivity index (χ0v) is 14.2. The molecule has 0 saturated carbocycles. The zero-order chi connectivity index (χ0) is 18.1. The maximum Gasteiger partial charge on any atom is 0.262 e. The summed E-state index contributed by atoms with van der Waals surface area (Å²) in [6, 6.07) is 7.58. The van der Waals surface area contributed by atoms with Crippen LogP contribution in [0.4, 0.5) is 11.4 Å². The molecule has 1 amide bonds. The Balaban J connectivity index is 1.57. The Bertz CT molecular complexity index is 1000. The van der Waals surface area contributed by atoms with Crippen LogP contribution >= 0.6 is 0 Å². The first-order valence-electron chi connectivity index (χ1n) is 8.34. The minimum atomic E-state index is -0.404. The van der Waals surface area contributed by atoms with E-state index < -0.39 is 11.5 Å². The van der Waals surface area contributed by atoms with Crippen molar-refractivity contribution in [3.63, 3.8) is 0 Å². The number of hydrogen-bond donors (Lipinski definition) is 2. The number of morpholine rings is 1. The van der Waals surface area contributed by atoms with E-state index in [0.29, 0.717) is 24.7 Å². The topological polar surface area (TPSA) is 100 Å². The Morgan fingerprint density at radius 2 is 1.96 bits per heavy atom. The van der Waals surface area contributed by atoms with Crippen LogP contribution < -0.4 is 15.8 Å². The molecule has 0 atom stereocenters. The third-order valence-corrected chi connectivity index (χ3v) is 4.40. The van der Waals surface area contributed by atoms with Crippen LogP contribution in [0, 0.1) is 6.92 Å². The molecule has 1 aliphatic rings. The van der Waals surface area contributed by atoms with Gasteiger partial charge in [0.15, 0.2) is 0 Å². The van der Waals surface area contributed by atoms with Gasteiger partial charge in [-0.05, 0) is 31.2 Å². The number of rotatable bonds is 3. The first kappa shape index (κ1) is 16.3. The number of fused-ring (bicyclic) bond motifs is 1. The van der Waals surface area contributed by atoms with Gasteiger partial charge in [-0.1, -0.05) is 0 Å². The number of nitrogens with zero attached hydrogens (tertiary/aromatic N) is 2. The number of anilines is 2. The van der Waals surface area contributed by atoms with Gasteiger partial charge in [0.1, 0.15) is 11.1 Å². The molecule has 1 aromatic carbocycles. The van der Waals surface area contributed by atoms with E-state index in [0.717, 1.165) is 18.8 Å². The fourth-order valence-corrected chi connectivity index (χ4v) is 3.10. The van der Waals surface area contributed by atoms with Crippen LogP contribution in [0.15, 0.2) is 39.8 Å². The van der Waals surface area contributed by atoms with Crippen molar-refractivity contribution in [2.45, 2.75) is 6.92 Å². The standard InChI is InChI=1S/C18H18N4O4/c1-11-14(15-16(23)19-10-20-18(15)26-11)17(24)21-12-2-4-13(5-3-12)22-6-8-25-9-7-22/h2-5,10H,6-9H2,1H3,(H,21,24)(H,19,20,23). The third-order valence-electron chi connectivity index (χ3n) is 4.40. The summed E-state index contributed by atoms with van der Waals surface area (Å²) in [5, 5.41) is 2.97. The van der Waals surface area contributed by atoms with Crippen LogP contribution in [0.3, 0.4) is 0 Å². The average Bonchev–Trinajstić information content (AvgIpc) is 3.00. The van der Waals surface area contributed by atoms with E-state index in [9.17, 15) is 9.59 Å². The van der Waals surface area contributed by atoms with Crippen molar-refractivity contribution in [3.8, 4) is 0 Å². The van der Waals surface area contributed by atoms with Gasteiger partial charge in [-0.15, -0.1) is 0 Å². The Kier molecular flexibility index (Phi) is 4.18. The summed E-state index contributed by atoms with van der Waals surface area (Å²) in [7, 11) is 0. The van der Waals surface area contributed by atoms with E-state index in [-0.39, 0.29) is 16.7 Å². The second-order valence-electron chi connectivity index (χ2n) is 6.05. The largest absolute Gasteiger partial charge is 0.442 e. The molecular weight excluding hydrogens is 336 g/mol. The molecule has 134 valence electrons. The monoisotopic (exact) mass is 354 g/mol. The van der Waals surface area contributed by atoms with E-state index in [1.54, 1.807) is 6.92 Å². The number of aromatic nitrogens is 2. The highest BCUT2D eigenvalue weighted by Gasteiger charge is 2.21. The van der Waals surface area contributed by atoms with Crippen LogP contribution in [-0.4, -0.2) is 42.2 Å².